The molecule has 2 aliphatic rings. The lowest BCUT2D eigenvalue weighted by Gasteiger charge is -2.35. The molecule has 5 heteroatoms. The van der Waals surface area contributed by atoms with E-state index in [4.69, 9.17) is 0 Å². The maximum Gasteiger partial charge on any atom is 0.226 e. The highest BCUT2D eigenvalue weighted by molar-refractivity contribution is 5.92. The topological polar surface area (TPSA) is 52.7 Å². The smallest absolute Gasteiger partial charge is 0.226 e. The highest BCUT2D eigenvalue weighted by Gasteiger charge is 2.50. The Bertz CT molecular complexity index is 397. The van der Waals surface area contributed by atoms with Gasteiger partial charge in [0.2, 0.25) is 11.8 Å². The maximum absolute atomic E-state index is 12.6. The minimum absolute atomic E-state index is 0.0546. The zero-order chi connectivity index (χ0) is 16.1. The molecule has 3 unspecified atom stereocenters. The Morgan fingerprint density at radius 2 is 2.00 bits per heavy atom. The molecule has 126 valence electrons. The quantitative estimate of drug-likeness (QED) is 0.725. The third kappa shape index (κ3) is 4.45. The first-order chi connectivity index (χ1) is 10.5. The van der Waals surface area contributed by atoms with Crippen LogP contribution >= 0.6 is 0 Å². The van der Waals surface area contributed by atoms with Crippen LogP contribution in [0.1, 0.15) is 45.4 Å². The van der Waals surface area contributed by atoms with Crippen LogP contribution in [0.2, 0.25) is 0 Å². The Morgan fingerprint density at radius 3 is 2.68 bits per heavy atom. The summed E-state index contributed by atoms with van der Waals surface area (Å²) in [5.74, 6) is 0.162. The summed E-state index contributed by atoms with van der Waals surface area (Å²) in [6, 6.07) is 0.394. The number of rotatable bonds is 7. The lowest BCUT2D eigenvalue weighted by molar-refractivity contribution is -0.138. The zero-order valence-electron chi connectivity index (χ0n) is 14.3. The number of hydrogen-bond acceptors (Lipinski definition) is 3. The maximum atomic E-state index is 12.6. The van der Waals surface area contributed by atoms with Gasteiger partial charge >= 0.3 is 0 Å². The third-order valence-corrected chi connectivity index (χ3v) is 4.91. The third-order valence-electron chi connectivity index (χ3n) is 4.91. The summed E-state index contributed by atoms with van der Waals surface area (Å²) in [5, 5.41) is 2.98. The first-order valence-corrected chi connectivity index (χ1v) is 8.77. The van der Waals surface area contributed by atoms with Crippen LogP contribution in [-0.4, -0.2) is 61.4 Å². The SMILES string of the molecule is CCC1CCCCN1C(=O)C1CC1C(=O)NCCCN(C)C. The summed E-state index contributed by atoms with van der Waals surface area (Å²) in [5.41, 5.74) is 0. The van der Waals surface area contributed by atoms with Crippen molar-refractivity contribution in [1.82, 2.24) is 15.1 Å². The zero-order valence-corrected chi connectivity index (χ0v) is 14.3. The number of hydrogen-bond donors (Lipinski definition) is 1. The molecule has 1 heterocycles. The van der Waals surface area contributed by atoms with Gasteiger partial charge in [-0.25, -0.2) is 0 Å². The van der Waals surface area contributed by atoms with E-state index in [1.807, 2.05) is 19.0 Å². The Balaban J connectivity index is 1.73. The van der Waals surface area contributed by atoms with Gasteiger partial charge in [-0.3, -0.25) is 9.59 Å². The Labute approximate surface area is 134 Å². The predicted octanol–water partition coefficient (Wildman–Crippen LogP) is 1.48. The Hall–Kier alpha value is -1.10. The molecule has 2 rings (SSSR count). The van der Waals surface area contributed by atoms with Crippen molar-refractivity contribution in [2.24, 2.45) is 11.8 Å². The van der Waals surface area contributed by atoms with Crippen molar-refractivity contribution >= 4 is 11.8 Å². The van der Waals surface area contributed by atoms with Crippen molar-refractivity contribution in [3.63, 3.8) is 0 Å². The van der Waals surface area contributed by atoms with Gasteiger partial charge in [0.25, 0.3) is 0 Å². The highest BCUT2D eigenvalue weighted by Crippen LogP contribution is 2.41. The second kappa shape index (κ2) is 7.95. The summed E-state index contributed by atoms with van der Waals surface area (Å²) < 4.78 is 0. The van der Waals surface area contributed by atoms with E-state index in [2.05, 4.69) is 17.1 Å². The van der Waals surface area contributed by atoms with E-state index >= 15 is 0 Å². The van der Waals surface area contributed by atoms with Gasteiger partial charge in [-0.15, -0.1) is 0 Å². The van der Waals surface area contributed by atoms with Crippen LogP contribution in [0.25, 0.3) is 0 Å². The summed E-state index contributed by atoms with van der Waals surface area (Å²) >= 11 is 0. The summed E-state index contributed by atoms with van der Waals surface area (Å²) in [6.07, 6.45) is 6.18. The minimum Gasteiger partial charge on any atom is -0.356 e. The predicted molar refractivity (Wildman–Crippen MR) is 87.4 cm³/mol. The van der Waals surface area contributed by atoms with E-state index in [-0.39, 0.29) is 23.7 Å². The van der Waals surface area contributed by atoms with Crippen molar-refractivity contribution in [3.8, 4) is 0 Å². The molecule has 1 saturated heterocycles. The van der Waals surface area contributed by atoms with Crippen molar-refractivity contribution in [1.29, 1.82) is 0 Å². The molecule has 2 fully saturated rings. The largest absolute Gasteiger partial charge is 0.356 e. The molecule has 1 aliphatic carbocycles. The van der Waals surface area contributed by atoms with Gasteiger partial charge in [0, 0.05) is 19.1 Å². The molecule has 2 amide bonds. The summed E-state index contributed by atoms with van der Waals surface area (Å²) in [4.78, 5) is 28.9. The fourth-order valence-corrected chi connectivity index (χ4v) is 3.42. The van der Waals surface area contributed by atoms with Crippen LogP contribution < -0.4 is 5.32 Å². The average Bonchev–Trinajstić information content (AvgIpc) is 3.31. The molecule has 3 atom stereocenters. The van der Waals surface area contributed by atoms with Crippen LogP contribution in [0.3, 0.4) is 0 Å². The van der Waals surface area contributed by atoms with Gasteiger partial charge in [-0.1, -0.05) is 6.92 Å². The molecule has 5 nitrogen and oxygen atoms in total. The van der Waals surface area contributed by atoms with E-state index < -0.39 is 0 Å². The summed E-state index contributed by atoms with van der Waals surface area (Å²) in [7, 11) is 4.06. The molecule has 1 saturated carbocycles. The molecule has 0 spiro atoms. The van der Waals surface area contributed by atoms with Crippen LogP contribution in [-0.2, 0) is 9.59 Å². The molecule has 0 aromatic heterocycles. The second-order valence-electron chi connectivity index (χ2n) is 6.99. The Morgan fingerprint density at radius 1 is 1.23 bits per heavy atom. The van der Waals surface area contributed by atoms with Gasteiger partial charge in [0.15, 0.2) is 0 Å². The molecule has 0 aromatic rings. The number of carbonyl (C=O) groups is 2. The minimum atomic E-state index is -0.0775. The van der Waals surface area contributed by atoms with Gasteiger partial charge in [-0.05, 0) is 59.2 Å². The van der Waals surface area contributed by atoms with Crippen LogP contribution in [0, 0.1) is 11.8 Å². The molecular formula is C17H31N3O2. The van der Waals surface area contributed by atoms with Gasteiger partial charge in [0.05, 0.1) is 11.8 Å². The van der Waals surface area contributed by atoms with E-state index in [1.165, 1.54) is 6.42 Å². The van der Waals surface area contributed by atoms with E-state index in [0.29, 0.717) is 12.6 Å². The number of carbonyl (C=O) groups excluding carboxylic acids is 2. The molecule has 0 radical (unpaired) electrons. The van der Waals surface area contributed by atoms with Crippen molar-refractivity contribution in [2.45, 2.75) is 51.5 Å². The van der Waals surface area contributed by atoms with Gasteiger partial charge < -0.3 is 15.1 Å². The molecule has 1 aliphatic heterocycles. The summed E-state index contributed by atoms with van der Waals surface area (Å²) in [6.45, 7) is 4.71. The molecule has 1 N–H and O–H groups in total. The highest BCUT2D eigenvalue weighted by atomic mass is 16.2. The standard InChI is InChI=1S/C17H31N3O2/c1-4-13-8-5-6-11-20(13)17(22)15-12-14(15)16(21)18-9-7-10-19(2)3/h13-15H,4-12H2,1-3H3,(H,18,21). The molecule has 0 aromatic carbocycles. The van der Waals surface area contributed by atoms with E-state index in [9.17, 15) is 9.59 Å². The first-order valence-electron chi connectivity index (χ1n) is 8.77. The van der Waals surface area contributed by atoms with E-state index in [0.717, 1.165) is 45.2 Å². The fourth-order valence-electron chi connectivity index (χ4n) is 3.42. The normalized spacial score (nSPS) is 27.8. The fraction of sp³-hybridized carbons (Fsp3) is 0.882. The van der Waals surface area contributed by atoms with Crippen molar-refractivity contribution in [3.05, 3.63) is 0 Å². The van der Waals surface area contributed by atoms with E-state index in [1.54, 1.807) is 0 Å². The molecular weight excluding hydrogens is 278 g/mol. The molecule has 0 bridgehead atoms. The molecule has 22 heavy (non-hydrogen) atoms. The lowest BCUT2D eigenvalue weighted by Crippen LogP contribution is -2.44. The Kier molecular flexibility index (Phi) is 6.24. The van der Waals surface area contributed by atoms with Gasteiger partial charge in [-0.2, -0.15) is 0 Å². The van der Waals surface area contributed by atoms with Crippen LogP contribution in [0.5, 0.6) is 0 Å². The first kappa shape index (κ1) is 17.3. The second-order valence-corrected chi connectivity index (χ2v) is 6.99. The number of piperidine rings is 1. The number of nitrogens with one attached hydrogen (secondary N) is 1. The van der Waals surface area contributed by atoms with Crippen LogP contribution in [0.15, 0.2) is 0 Å². The number of amides is 2. The van der Waals surface area contributed by atoms with Gasteiger partial charge in [0.1, 0.15) is 0 Å². The lowest BCUT2D eigenvalue weighted by atomic mass is 9.99. The number of nitrogens with zero attached hydrogens (tertiary/aromatic N) is 2. The monoisotopic (exact) mass is 309 g/mol. The van der Waals surface area contributed by atoms with Crippen molar-refractivity contribution < 1.29 is 9.59 Å². The van der Waals surface area contributed by atoms with Crippen LogP contribution in [0.4, 0.5) is 0 Å². The van der Waals surface area contributed by atoms with Crippen molar-refractivity contribution in [2.75, 3.05) is 33.7 Å². The number of likely N-dealkylation sites (tertiary alicyclic amines) is 1. The average molecular weight is 309 g/mol.